The number of nitrogens with zero attached hydrogens (tertiary/aromatic N) is 2. The predicted octanol–water partition coefficient (Wildman–Crippen LogP) is 3.30. The molecule has 0 aromatic heterocycles. The first-order valence-corrected chi connectivity index (χ1v) is 9.28. The fourth-order valence-corrected chi connectivity index (χ4v) is 3.71. The Balaban J connectivity index is 1.62. The summed E-state index contributed by atoms with van der Waals surface area (Å²) < 4.78 is 0. The Hall–Kier alpha value is -1.75. The fraction of sp³-hybridized carbons (Fsp3) is 0.632. The van der Waals surface area contributed by atoms with Gasteiger partial charge in [-0.15, -0.1) is 0 Å². The van der Waals surface area contributed by atoms with Gasteiger partial charge in [0.25, 0.3) is 0 Å². The van der Waals surface area contributed by atoms with Crippen molar-refractivity contribution < 1.29 is 9.90 Å². The molecule has 2 aliphatic heterocycles. The lowest BCUT2D eigenvalue weighted by Gasteiger charge is -2.32. The van der Waals surface area contributed by atoms with Crippen molar-refractivity contribution in [3.05, 3.63) is 24.3 Å². The van der Waals surface area contributed by atoms with Crippen LogP contribution < -0.4 is 10.2 Å². The SMILES string of the molecule is O=C(Nc1cccc(N2CCCCCC2)c1)N1CCCC(CO)C1. The van der Waals surface area contributed by atoms with Crippen molar-refractivity contribution in [2.45, 2.75) is 38.5 Å². The van der Waals surface area contributed by atoms with E-state index in [0.29, 0.717) is 6.54 Å². The molecule has 0 aliphatic carbocycles. The molecule has 132 valence electrons. The number of urea groups is 1. The number of carbonyl (C=O) groups is 1. The average molecular weight is 331 g/mol. The number of hydrogen-bond acceptors (Lipinski definition) is 3. The van der Waals surface area contributed by atoms with Crippen LogP contribution in [0.2, 0.25) is 0 Å². The summed E-state index contributed by atoms with van der Waals surface area (Å²) in [6, 6.07) is 8.12. The van der Waals surface area contributed by atoms with Crippen LogP contribution in [0.25, 0.3) is 0 Å². The van der Waals surface area contributed by atoms with Crippen molar-refractivity contribution in [2.24, 2.45) is 5.92 Å². The maximum absolute atomic E-state index is 12.5. The van der Waals surface area contributed by atoms with Crippen LogP contribution in [-0.4, -0.2) is 48.8 Å². The summed E-state index contributed by atoms with van der Waals surface area (Å²) in [6.45, 7) is 3.78. The van der Waals surface area contributed by atoms with E-state index in [2.05, 4.69) is 22.3 Å². The van der Waals surface area contributed by atoms with Gasteiger partial charge in [-0.05, 0) is 49.8 Å². The van der Waals surface area contributed by atoms with E-state index in [1.54, 1.807) is 0 Å². The van der Waals surface area contributed by atoms with Crippen molar-refractivity contribution in [2.75, 3.05) is 43.0 Å². The van der Waals surface area contributed by atoms with E-state index in [-0.39, 0.29) is 18.6 Å². The molecule has 1 aromatic carbocycles. The van der Waals surface area contributed by atoms with Gasteiger partial charge in [-0.2, -0.15) is 0 Å². The number of likely N-dealkylation sites (tertiary alicyclic amines) is 1. The van der Waals surface area contributed by atoms with Crippen LogP contribution in [0.15, 0.2) is 24.3 Å². The minimum absolute atomic E-state index is 0.0545. The molecular formula is C19H29N3O2. The number of carbonyl (C=O) groups excluding carboxylic acids is 1. The third kappa shape index (κ3) is 4.41. The Morgan fingerprint density at radius 1 is 1.12 bits per heavy atom. The lowest BCUT2D eigenvalue weighted by Crippen LogP contribution is -2.43. The third-order valence-corrected chi connectivity index (χ3v) is 5.13. The highest BCUT2D eigenvalue weighted by Crippen LogP contribution is 2.23. The Bertz CT molecular complexity index is 541. The van der Waals surface area contributed by atoms with Crippen LogP contribution in [0.4, 0.5) is 16.2 Å². The third-order valence-electron chi connectivity index (χ3n) is 5.13. The number of aliphatic hydroxyl groups excluding tert-OH is 1. The van der Waals surface area contributed by atoms with Crippen LogP contribution in [0, 0.1) is 5.92 Å². The lowest BCUT2D eigenvalue weighted by atomic mass is 9.99. The molecule has 24 heavy (non-hydrogen) atoms. The number of aliphatic hydroxyl groups is 1. The molecule has 2 saturated heterocycles. The van der Waals surface area contributed by atoms with E-state index in [0.717, 1.165) is 38.2 Å². The van der Waals surface area contributed by atoms with Crippen molar-refractivity contribution in [1.82, 2.24) is 4.90 Å². The average Bonchev–Trinajstić information content (AvgIpc) is 2.91. The standard InChI is InChI=1S/C19H29N3O2/c23-15-16-7-6-12-22(14-16)19(24)20-17-8-5-9-18(13-17)21-10-3-1-2-4-11-21/h5,8-9,13,16,23H,1-4,6-7,10-12,14-15H2,(H,20,24). The second-order valence-corrected chi connectivity index (χ2v) is 7.02. The fourth-order valence-electron chi connectivity index (χ4n) is 3.71. The molecule has 2 fully saturated rings. The van der Waals surface area contributed by atoms with E-state index in [1.807, 2.05) is 17.0 Å². The number of benzene rings is 1. The quantitative estimate of drug-likeness (QED) is 0.893. The van der Waals surface area contributed by atoms with Crippen molar-refractivity contribution in [3.63, 3.8) is 0 Å². The zero-order valence-corrected chi connectivity index (χ0v) is 14.4. The maximum atomic E-state index is 12.5. The van der Waals surface area contributed by atoms with E-state index >= 15 is 0 Å². The predicted molar refractivity (Wildman–Crippen MR) is 97.5 cm³/mol. The van der Waals surface area contributed by atoms with Gasteiger partial charge in [0.2, 0.25) is 0 Å². The minimum Gasteiger partial charge on any atom is -0.396 e. The molecule has 0 radical (unpaired) electrons. The summed E-state index contributed by atoms with van der Waals surface area (Å²) in [4.78, 5) is 16.7. The Kier molecular flexibility index (Phi) is 5.96. The van der Waals surface area contributed by atoms with Gasteiger partial charge in [0.05, 0.1) is 0 Å². The van der Waals surface area contributed by atoms with Gasteiger partial charge in [0, 0.05) is 44.2 Å². The Morgan fingerprint density at radius 3 is 2.67 bits per heavy atom. The summed E-state index contributed by atoms with van der Waals surface area (Å²) in [7, 11) is 0. The second-order valence-electron chi connectivity index (χ2n) is 7.02. The zero-order valence-electron chi connectivity index (χ0n) is 14.4. The molecule has 5 heteroatoms. The molecular weight excluding hydrogens is 302 g/mol. The normalized spacial score (nSPS) is 22.1. The van der Waals surface area contributed by atoms with Gasteiger partial charge >= 0.3 is 6.03 Å². The van der Waals surface area contributed by atoms with Crippen molar-refractivity contribution in [3.8, 4) is 0 Å². The van der Waals surface area contributed by atoms with E-state index in [9.17, 15) is 9.90 Å². The van der Waals surface area contributed by atoms with Gasteiger partial charge < -0.3 is 20.2 Å². The molecule has 3 rings (SSSR count). The molecule has 1 unspecified atom stereocenters. The zero-order chi connectivity index (χ0) is 16.8. The largest absolute Gasteiger partial charge is 0.396 e. The molecule has 5 nitrogen and oxygen atoms in total. The highest BCUT2D eigenvalue weighted by molar-refractivity contribution is 5.90. The Morgan fingerprint density at radius 2 is 1.92 bits per heavy atom. The molecule has 1 atom stereocenters. The molecule has 0 spiro atoms. The summed E-state index contributed by atoms with van der Waals surface area (Å²) in [5.74, 6) is 0.216. The summed E-state index contributed by atoms with van der Waals surface area (Å²) >= 11 is 0. The molecule has 2 N–H and O–H groups in total. The number of amides is 2. The van der Waals surface area contributed by atoms with E-state index in [4.69, 9.17) is 0 Å². The van der Waals surface area contributed by atoms with Crippen molar-refractivity contribution in [1.29, 1.82) is 0 Å². The van der Waals surface area contributed by atoms with Crippen LogP contribution in [0.5, 0.6) is 0 Å². The van der Waals surface area contributed by atoms with Gasteiger partial charge in [-0.25, -0.2) is 4.79 Å². The Labute approximate surface area is 144 Å². The number of piperidine rings is 1. The molecule has 1 aromatic rings. The summed E-state index contributed by atoms with van der Waals surface area (Å²) in [6.07, 6.45) is 7.08. The first kappa shape index (κ1) is 17.1. The number of anilines is 2. The van der Waals surface area contributed by atoms with Gasteiger partial charge in [0.1, 0.15) is 0 Å². The van der Waals surface area contributed by atoms with Gasteiger partial charge in [0.15, 0.2) is 0 Å². The molecule has 2 heterocycles. The molecule has 0 bridgehead atoms. The highest BCUT2D eigenvalue weighted by Gasteiger charge is 2.23. The highest BCUT2D eigenvalue weighted by atomic mass is 16.3. The molecule has 2 aliphatic rings. The summed E-state index contributed by atoms with van der Waals surface area (Å²) in [5, 5.41) is 12.4. The number of nitrogens with one attached hydrogen (secondary N) is 1. The second kappa shape index (κ2) is 8.38. The lowest BCUT2D eigenvalue weighted by molar-refractivity contribution is 0.136. The van der Waals surface area contributed by atoms with Gasteiger partial charge in [-0.1, -0.05) is 18.9 Å². The minimum atomic E-state index is -0.0545. The summed E-state index contributed by atoms with van der Waals surface area (Å²) in [5.41, 5.74) is 2.05. The smallest absolute Gasteiger partial charge is 0.321 e. The molecule has 0 saturated carbocycles. The monoisotopic (exact) mass is 331 g/mol. The van der Waals surface area contributed by atoms with Crippen LogP contribution in [0.1, 0.15) is 38.5 Å². The molecule has 2 amide bonds. The van der Waals surface area contributed by atoms with Gasteiger partial charge in [-0.3, -0.25) is 0 Å². The number of hydrogen-bond donors (Lipinski definition) is 2. The van der Waals surface area contributed by atoms with Crippen LogP contribution >= 0.6 is 0 Å². The maximum Gasteiger partial charge on any atom is 0.321 e. The van der Waals surface area contributed by atoms with E-state index in [1.165, 1.54) is 31.4 Å². The first-order chi connectivity index (χ1) is 11.8. The number of rotatable bonds is 3. The van der Waals surface area contributed by atoms with Crippen molar-refractivity contribution >= 4 is 17.4 Å². The first-order valence-electron chi connectivity index (χ1n) is 9.28. The topological polar surface area (TPSA) is 55.8 Å². The van der Waals surface area contributed by atoms with E-state index < -0.39 is 0 Å². The van der Waals surface area contributed by atoms with Crippen LogP contribution in [-0.2, 0) is 0 Å². The van der Waals surface area contributed by atoms with Crippen LogP contribution in [0.3, 0.4) is 0 Å².